The third kappa shape index (κ3) is 4.46. The molecule has 1 nitrogen and oxygen atoms in total. The number of hydrogen-bond acceptors (Lipinski definition) is 1. The van der Waals surface area contributed by atoms with Crippen LogP contribution in [0.4, 0.5) is 0 Å². The predicted molar refractivity (Wildman–Crippen MR) is 81.7 cm³/mol. The quantitative estimate of drug-likeness (QED) is 0.748. The van der Waals surface area contributed by atoms with Crippen molar-refractivity contribution in [2.45, 2.75) is 46.1 Å². The Bertz CT molecular complexity index is 362. The van der Waals surface area contributed by atoms with E-state index in [0.717, 1.165) is 13.0 Å². The maximum atomic E-state index is 6.07. The van der Waals surface area contributed by atoms with Gasteiger partial charge in [-0.25, -0.2) is 0 Å². The maximum absolute atomic E-state index is 6.07. The molecule has 1 aromatic rings. The molecule has 0 aliphatic carbocycles. The second-order valence-corrected chi connectivity index (χ2v) is 5.51. The van der Waals surface area contributed by atoms with E-state index in [4.69, 9.17) is 23.2 Å². The third-order valence-electron chi connectivity index (χ3n) is 3.52. The second kappa shape index (κ2) is 8.04. The Balaban J connectivity index is 2.78. The molecule has 1 N–H and O–H groups in total. The average Bonchev–Trinajstić information content (AvgIpc) is 2.35. The SMILES string of the molecule is CCNC(Cc1ccc(Cl)c(Cl)c1)C(CC)CC. The van der Waals surface area contributed by atoms with Gasteiger partial charge in [-0.3, -0.25) is 0 Å². The van der Waals surface area contributed by atoms with Crippen LogP contribution in [0.15, 0.2) is 18.2 Å². The first-order valence-electron chi connectivity index (χ1n) is 6.79. The molecule has 1 rings (SSSR count). The van der Waals surface area contributed by atoms with Crippen LogP contribution in [0.25, 0.3) is 0 Å². The fourth-order valence-electron chi connectivity index (χ4n) is 2.45. The predicted octanol–water partition coefficient (Wildman–Crippen LogP) is 4.95. The van der Waals surface area contributed by atoms with Gasteiger partial charge in [0.2, 0.25) is 0 Å². The number of nitrogens with one attached hydrogen (secondary N) is 1. The van der Waals surface area contributed by atoms with Gasteiger partial charge in [-0.05, 0) is 36.6 Å². The highest BCUT2D eigenvalue weighted by Gasteiger charge is 2.18. The Morgan fingerprint density at radius 1 is 1.06 bits per heavy atom. The van der Waals surface area contributed by atoms with Crippen molar-refractivity contribution in [3.63, 3.8) is 0 Å². The highest BCUT2D eigenvalue weighted by molar-refractivity contribution is 6.42. The van der Waals surface area contributed by atoms with E-state index >= 15 is 0 Å². The van der Waals surface area contributed by atoms with Gasteiger partial charge < -0.3 is 5.32 Å². The minimum absolute atomic E-state index is 0.516. The summed E-state index contributed by atoms with van der Waals surface area (Å²) in [4.78, 5) is 0. The van der Waals surface area contributed by atoms with Gasteiger partial charge in [0, 0.05) is 6.04 Å². The molecule has 102 valence electrons. The van der Waals surface area contributed by atoms with Gasteiger partial charge in [-0.2, -0.15) is 0 Å². The largest absolute Gasteiger partial charge is 0.314 e. The van der Waals surface area contributed by atoms with Crippen molar-refractivity contribution in [2.24, 2.45) is 5.92 Å². The molecule has 0 heterocycles. The topological polar surface area (TPSA) is 12.0 Å². The van der Waals surface area contributed by atoms with Crippen molar-refractivity contribution in [3.05, 3.63) is 33.8 Å². The van der Waals surface area contributed by atoms with Gasteiger partial charge >= 0.3 is 0 Å². The molecule has 1 atom stereocenters. The van der Waals surface area contributed by atoms with Gasteiger partial charge in [0.05, 0.1) is 10.0 Å². The van der Waals surface area contributed by atoms with E-state index in [1.54, 1.807) is 0 Å². The highest BCUT2D eigenvalue weighted by Crippen LogP contribution is 2.25. The van der Waals surface area contributed by atoms with E-state index in [0.29, 0.717) is 22.0 Å². The number of benzene rings is 1. The fourth-order valence-corrected chi connectivity index (χ4v) is 2.77. The van der Waals surface area contributed by atoms with Crippen LogP contribution in [0, 0.1) is 5.92 Å². The zero-order valence-electron chi connectivity index (χ0n) is 11.5. The molecule has 0 saturated heterocycles. The van der Waals surface area contributed by atoms with Crippen molar-refractivity contribution >= 4 is 23.2 Å². The molecule has 0 fully saturated rings. The number of hydrogen-bond donors (Lipinski definition) is 1. The maximum Gasteiger partial charge on any atom is 0.0595 e. The second-order valence-electron chi connectivity index (χ2n) is 4.69. The lowest BCUT2D eigenvalue weighted by atomic mass is 9.89. The van der Waals surface area contributed by atoms with Crippen LogP contribution in [0.1, 0.15) is 39.2 Å². The normalized spacial score (nSPS) is 13.0. The summed E-state index contributed by atoms with van der Waals surface area (Å²) < 4.78 is 0. The summed E-state index contributed by atoms with van der Waals surface area (Å²) in [7, 11) is 0. The van der Waals surface area contributed by atoms with Gasteiger partial charge in [0.25, 0.3) is 0 Å². The molecule has 3 heteroatoms. The van der Waals surface area contributed by atoms with E-state index in [-0.39, 0.29) is 0 Å². The minimum Gasteiger partial charge on any atom is -0.314 e. The van der Waals surface area contributed by atoms with Gasteiger partial charge in [0.1, 0.15) is 0 Å². The van der Waals surface area contributed by atoms with Crippen LogP contribution < -0.4 is 5.32 Å². The van der Waals surface area contributed by atoms with Gasteiger partial charge in [-0.1, -0.05) is 62.9 Å². The molecule has 0 spiro atoms. The minimum atomic E-state index is 0.516. The van der Waals surface area contributed by atoms with Crippen molar-refractivity contribution < 1.29 is 0 Å². The summed E-state index contributed by atoms with van der Waals surface area (Å²) in [5, 5.41) is 4.87. The number of rotatable bonds is 7. The highest BCUT2D eigenvalue weighted by atomic mass is 35.5. The van der Waals surface area contributed by atoms with E-state index in [1.807, 2.05) is 12.1 Å². The van der Waals surface area contributed by atoms with E-state index in [2.05, 4.69) is 32.2 Å². The summed E-state index contributed by atoms with van der Waals surface area (Å²) in [5.74, 6) is 0.708. The molecular formula is C15H23Cl2N. The van der Waals surface area contributed by atoms with Crippen molar-refractivity contribution in [2.75, 3.05) is 6.54 Å². The standard InChI is InChI=1S/C15H23Cl2N/c1-4-12(5-2)15(18-6-3)10-11-7-8-13(16)14(17)9-11/h7-9,12,15,18H,4-6,10H2,1-3H3. The summed E-state index contributed by atoms with van der Waals surface area (Å²) in [6, 6.07) is 6.45. The summed E-state index contributed by atoms with van der Waals surface area (Å²) >= 11 is 12.0. The van der Waals surface area contributed by atoms with Crippen LogP contribution in [-0.4, -0.2) is 12.6 Å². The Morgan fingerprint density at radius 2 is 1.72 bits per heavy atom. The molecule has 0 bridgehead atoms. The van der Waals surface area contributed by atoms with Crippen LogP contribution in [-0.2, 0) is 6.42 Å². The smallest absolute Gasteiger partial charge is 0.0595 e. The lowest BCUT2D eigenvalue weighted by Crippen LogP contribution is -2.37. The van der Waals surface area contributed by atoms with Crippen molar-refractivity contribution in [1.82, 2.24) is 5.32 Å². The molecule has 0 aromatic heterocycles. The molecule has 1 unspecified atom stereocenters. The zero-order chi connectivity index (χ0) is 13.5. The fraction of sp³-hybridized carbons (Fsp3) is 0.600. The molecule has 0 amide bonds. The Morgan fingerprint density at radius 3 is 2.22 bits per heavy atom. The lowest BCUT2D eigenvalue weighted by Gasteiger charge is -2.26. The molecule has 0 aliphatic rings. The average molecular weight is 288 g/mol. The zero-order valence-corrected chi connectivity index (χ0v) is 13.0. The van der Waals surface area contributed by atoms with Crippen molar-refractivity contribution in [3.8, 4) is 0 Å². The Hall–Kier alpha value is -0.240. The van der Waals surface area contributed by atoms with Crippen LogP contribution in [0.3, 0.4) is 0 Å². The van der Waals surface area contributed by atoms with Crippen molar-refractivity contribution in [1.29, 1.82) is 0 Å². The summed E-state index contributed by atoms with van der Waals surface area (Å²) in [6.07, 6.45) is 3.42. The summed E-state index contributed by atoms with van der Waals surface area (Å²) in [5.41, 5.74) is 1.25. The number of halogens is 2. The van der Waals surface area contributed by atoms with Gasteiger partial charge in [0.15, 0.2) is 0 Å². The molecular weight excluding hydrogens is 265 g/mol. The first-order chi connectivity index (χ1) is 8.62. The third-order valence-corrected chi connectivity index (χ3v) is 4.26. The number of likely N-dealkylation sites (N-methyl/N-ethyl adjacent to an activating group) is 1. The molecule has 0 saturated carbocycles. The molecule has 0 radical (unpaired) electrons. The molecule has 18 heavy (non-hydrogen) atoms. The first-order valence-corrected chi connectivity index (χ1v) is 7.55. The van der Waals surface area contributed by atoms with E-state index < -0.39 is 0 Å². The van der Waals surface area contributed by atoms with Gasteiger partial charge in [-0.15, -0.1) is 0 Å². The lowest BCUT2D eigenvalue weighted by molar-refractivity contribution is 0.337. The first kappa shape index (κ1) is 15.8. The Kier molecular flexibility index (Phi) is 7.06. The van der Waals surface area contributed by atoms with Crippen LogP contribution in [0.5, 0.6) is 0 Å². The Labute approximate surface area is 121 Å². The summed E-state index contributed by atoms with van der Waals surface area (Å²) in [6.45, 7) is 7.67. The van der Waals surface area contributed by atoms with Crippen LogP contribution >= 0.6 is 23.2 Å². The monoisotopic (exact) mass is 287 g/mol. The van der Waals surface area contributed by atoms with E-state index in [1.165, 1.54) is 18.4 Å². The van der Waals surface area contributed by atoms with Crippen LogP contribution in [0.2, 0.25) is 10.0 Å². The van der Waals surface area contributed by atoms with E-state index in [9.17, 15) is 0 Å². The molecule has 1 aromatic carbocycles. The molecule has 0 aliphatic heterocycles.